The van der Waals surface area contributed by atoms with E-state index in [4.69, 9.17) is 0 Å². The summed E-state index contributed by atoms with van der Waals surface area (Å²) in [5.74, 6) is 0.720. The Morgan fingerprint density at radius 3 is 2.94 bits per heavy atom. The molecule has 3 rings (SSSR count). The molecule has 2 aromatic rings. The Kier molecular flexibility index (Phi) is 2.74. The summed E-state index contributed by atoms with van der Waals surface area (Å²) in [6.07, 6.45) is 3.79. The zero-order valence-electron chi connectivity index (χ0n) is 10.5. The average molecular weight is 240 g/mol. The Bertz CT molecular complexity index is 643. The van der Waals surface area contributed by atoms with Crippen molar-refractivity contribution in [2.45, 2.75) is 32.6 Å². The van der Waals surface area contributed by atoms with Crippen molar-refractivity contribution in [2.75, 3.05) is 0 Å². The van der Waals surface area contributed by atoms with E-state index in [0.29, 0.717) is 0 Å². The molecule has 0 radical (unpaired) electrons. The van der Waals surface area contributed by atoms with Gasteiger partial charge in [-0.1, -0.05) is 31.2 Å². The Hall–Kier alpha value is -1.90. The molecule has 0 fully saturated rings. The summed E-state index contributed by atoms with van der Waals surface area (Å²) in [6, 6.07) is 8.12. The van der Waals surface area contributed by atoms with E-state index < -0.39 is 0 Å². The lowest BCUT2D eigenvalue weighted by molar-refractivity contribution is 0.899. The van der Waals surface area contributed by atoms with Gasteiger partial charge in [-0.3, -0.25) is 4.79 Å². The van der Waals surface area contributed by atoms with Gasteiger partial charge in [0, 0.05) is 11.1 Å². The van der Waals surface area contributed by atoms with Gasteiger partial charge >= 0.3 is 0 Å². The van der Waals surface area contributed by atoms with Gasteiger partial charge in [-0.05, 0) is 31.2 Å². The van der Waals surface area contributed by atoms with Crippen molar-refractivity contribution in [3.63, 3.8) is 0 Å². The predicted octanol–water partition coefficient (Wildman–Crippen LogP) is 2.49. The molecule has 0 saturated heterocycles. The molecule has 1 aliphatic rings. The van der Waals surface area contributed by atoms with Gasteiger partial charge in [0.1, 0.15) is 5.82 Å². The van der Waals surface area contributed by atoms with Crippen LogP contribution in [0.5, 0.6) is 0 Å². The van der Waals surface area contributed by atoms with Crippen LogP contribution in [0.4, 0.5) is 0 Å². The molecule has 0 aliphatic heterocycles. The third-order valence-corrected chi connectivity index (χ3v) is 3.59. The predicted molar refractivity (Wildman–Crippen MR) is 71.7 cm³/mol. The Labute approximate surface area is 106 Å². The highest BCUT2D eigenvalue weighted by molar-refractivity contribution is 5.60. The van der Waals surface area contributed by atoms with E-state index in [0.717, 1.165) is 48.3 Å². The quantitative estimate of drug-likeness (QED) is 0.876. The maximum Gasteiger partial charge on any atom is 0.254 e. The van der Waals surface area contributed by atoms with Gasteiger partial charge < -0.3 is 4.98 Å². The smallest absolute Gasteiger partial charge is 0.254 e. The number of rotatable bonds is 2. The fourth-order valence-electron chi connectivity index (χ4n) is 2.63. The number of hydrogen-bond acceptors (Lipinski definition) is 2. The lowest BCUT2D eigenvalue weighted by Gasteiger charge is -2.08. The topological polar surface area (TPSA) is 45.8 Å². The number of nitrogens with one attached hydrogen (secondary N) is 1. The van der Waals surface area contributed by atoms with Crippen molar-refractivity contribution in [1.29, 1.82) is 0 Å². The SMILES string of the molecule is CCc1ccccc1-c1nc2c(c(=O)[nH]1)CCC2. The fraction of sp³-hybridized carbons (Fsp3) is 0.333. The van der Waals surface area contributed by atoms with Crippen LogP contribution >= 0.6 is 0 Å². The van der Waals surface area contributed by atoms with Crippen LogP contribution < -0.4 is 5.56 Å². The van der Waals surface area contributed by atoms with Crippen molar-refractivity contribution in [3.05, 3.63) is 51.4 Å². The van der Waals surface area contributed by atoms with Gasteiger partial charge in [0.15, 0.2) is 0 Å². The minimum Gasteiger partial charge on any atom is -0.306 e. The van der Waals surface area contributed by atoms with Crippen LogP contribution in [0, 0.1) is 0 Å². The van der Waals surface area contributed by atoms with Crippen LogP contribution in [0.3, 0.4) is 0 Å². The molecule has 3 heteroatoms. The van der Waals surface area contributed by atoms with Crippen molar-refractivity contribution < 1.29 is 0 Å². The molecule has 1 aromatic carbocycles. The highest BCUT2D eigenvalue weighted by atomic mass is 16.1. The molecule has 1 aliphatic carbocycles. The molecule has 1 aromatic heterocycles. The van der Waals surface area contributed by atoms with Gasteiger partial charge in [0.25, 0.3) is 5.56 Å². The van der Waals surface area contributed by atoms with E-state index in [1.54, 1.807) is 0 Å². The van der Waals surface area contributed by atoms with E-state index in [1.807, 2.05) is 18.2 Å². The number of benzene rings is 1. The third-order valence-electron chi connectivity index (χ3n) is 3.59. The first-order chi connectivity index (χ1) is 8.79. The minimum atomic E-state index is 0.0402. The normalized spacial score (nSPS) is 13.6. The van der Waals surface area contributed by atoms with E-state index >= 15 is 0 Å². The van der Waals surface area contributed by atoms with Gasteiger partial charge in [-0.2, -0.15) is 0 Å². The molecular formula is C15H16N2O. The van der Waals surface area contributed by atoms with E-state index in [9.17, 15) is 4.79 Å². The molecule has 1 heterocycles. The first-order valence-electron chi connectivity index (χ1n) is 6.50. The first kappa shape index (κ1) is 11.2. The second-order valence-corrected chi connectivity index (χ2v) is 4.70. The average Bonchev–Trinajstić information content (AvgIpc) is 2.87. The summed E-state index contributed by atoms with van der Waals surface area (Å²) >= 11 is 0. The van der Waals surface area contributed by atoms with E-state index in [2.05, 4.69) is 23.0 Å². The first-order valence-corrected chi connectivity index (χ1v) is 6.50. The standard InChI is InChI=1S/C15H16N2O/c1-2-10-6-3-4-7-11(10)14-16-13-9-5-8-12(13)15(18)17-14/h3-4,6-7H,2,5,8-9H2,1H3,(H,16,17,18). The van der Waals surface area contributed by atoms with Gasteiger partial charge in [-0.15, -0.1) is 0 Å². The Balaban J connectivity index is 2.18. The van der Waals surface area contributed by atoms with E-state index in [-0.39, 0.29) is 5.56 Å². The molecule has 3 nitrogen and oxygen atoms in total. The number of aryl methyl sites for hydroxylation is 2. The number of fused-ring (bicyclic) bond motifs is 1. The summed E-state index contributed by atoms with van der Waals surface area (Å²) in [5.41, 5.74) is 4.18. The molecule has 18 heavy (non-hydrogen) atoms. The molecular weight excluding hydrogens is 224 g/mol. The van der Waals surface area contributed by atoms with Crippen molar-refractivity contribution in [1.82, 2.24) is 9.97 Å². The zero-order valence-corrected chi connectivity index (χ0v) is 10.5. The van der Waals surface area contributed by atoms with Gasteiger partial charge in [-0.25, -0.2) is 4.98 Å². The second kappa shape index (κ2) is 4.41. The van der Waals surface area contributed by atoms with Crippen LogP contribution in [0.25, 0.3) is 11.4 Å². The molecule has 0 unspecified atom stereocenters. The van der Waals surface area contributed by atoms with Crippen LogP contribution in [-0.2, 0) is 19.3 Å². The van der Waals surface area contributed by atoms with Gasteiger partial charge in [0.05, 0.1) is 5.69 Å². The highest BCUT2D eigenvalue weighted by Crippen LogP contribution is 2.23. The molecule has 0 spiro atoms. The maximum atomic E-state index is 12.0. The van der Waals surface area contributed by atoms with Crippen molar-refractivity contribution in [2.24, 2.45) is 0 Å². The fourth-order valence-corrected chi connectivity index (χ4v) is 2.63. The summed E-state index contributed by atoms with van der Waals surface area (Å²) in [7, 11) is 0. The minimum absolute atomic E-state index is 0.0402. The monoisotopic (exact) mass is 240 g/mol. The number of aromatic nitrogens is 2. The number of hydrogen-bond donors (Lipinski definition) is 1. The molecule has 0 bridgehead atoms. The van der Waals surface area contributed by atoms with Crippen LogP contribution in [-0.4, -0.2) is 9.97 Å². The Morgan fingerprint density at radius 1 is 1.28 bits per heavy atom. The summed E-state index contributed by atoms with van der Waals surface area (Å²) in [6.45, 7) is 2.12. The Morgan fingerprint density at radius 2 is 2.11 bits per heavy atom. The summed E-state index contributed by atoms with van der Waals surface area (Å²) in [5, 5.41) is 0. The number of H-pyrrole nitrogens is 1. The summed E-state index contributed by atoms with van der Waals surface area (Å²) in [4.78, 5) is 19.6. The zero-order chi connectivity index (χ0) is 12.5. The lowest BCUT2D eigenvalue weighted by Crippen LogP contribution is -2.15. The van der Waals surface area contributed by atoms with Crippen LogP contribution in [0.2, 0.25) is 0 Å². The van der Waals surface area contributed by atoms with Crippen LogP contribution in [0.1, 0.15) is 30.2 Å². The molecule has 1 N–H and O–H groups in total. The largest absolute Gasteiger partial charge is 0.306 e. The van der Waals surface area contributed by atoms with E-state index in [1.165, 1.54) is 5.56 Å². The van der Waals surface area contributed by atoms with Crippen molar-refractivity contribution in [3.8, 4) is 11.4 Å². The van der Waals surface area contributed by atoms with Gasteiger partial charge in [0.2, 0.25) is 0 Å². The highest BCUT2D eigenvalue weighted by Gasteiger charge is 2.18. The lowest BCUT2D eigenvalue weighted by atomic mass is 10.0. The van der Waals surface area contributed by atoms with Crippen LogP contribution in [0.15, 0.2) is 29.1 Å². The molecule has 0 atom stereocenters. The third kappa shape index (κ3) is 1.76. The number of nitrogens with zero attached hydrogens (tertiary/aromatic N) is 1. The molecule has 92 valence electrons. The molecule has 0 saturated carbocycles. The second-order valence-electron chi connectivity index (χ2n) is 4.70. The van der Waals surface area contributed by atoms with Crippen molar-refractivity contribution >= 4 is 0 Å². The molecule has 0 amide bonds. The maximum absolute atomic E-state index is 12.0. The summed E-state index contributed by atoms with van der Waals surface area (Å²) < 4.78 is 0. The number of aromatic amines is 1.